The molecule has 0 saturated carbocycles. The van der Waals surface area contributed by atoms with Crippen LogP contribution < -0.4 is 4.90 Å². The van der Waals surface area contributed by atoms with E-state index in [1.807, 2.05) is 6.07 Å². The topological polar surface area (TPSA) is 29.0 Å². The lowest BCUT2D eigenvalue weighted by atomic mass is 9.60. The highest BCUT2D eigenvalue weighted by atomic mass is 15.2. The number of aromatic nitrogens is 2. The van der Waals surface area contributed by atoms with E-state index in [1.165, 1.54) is 66.3 Å². The van der Waals surface area contributed by atoms with E-state index in [4.69, 9.17) is 9.97 Å². The average molecular weight is 816 g/mol. The van der Waals surface area contributed by atoms with Crippen molar-refractivity contribution in [3.63, 3.8) is 0 Å². The largest absolute Gasteiger partial charge is 0.310 e. The first-order chi connectivity index (χ1) is 31.7. The van der Waals surface area contributed by atoms with Gasteiger partial charge in [-0.3, -0.25) is 0 Å². The number of rotatable bonds is 5. The first-order valence-electron chi connectivity index (χ1n) is 22.2. The van der Waals surface area contributed by atoms with Gasteiger partial charge in [-0.15, -0.1) is 0 Å². The monoisotopic (exact) mass is 815 g/mol. The molecule has 3 nitrogen and oxygen atoms in total. The Hall–Kier alpha value is -8.14. The molecule has 2 unspecified atom stereocenters. The summed E-state index contributed by atoms with van der Waals surface area (Å²) in [6.45, 7) is 0. The Balaban J connectivity index is 1.05. The van der Waals surface area contributed by atoms with Crippen molar-refractivity contribution < 1.29 is 0 Å². The van der Waals surface area contributed by atoms with Gasteiger partial charge in [0.2, 0.25) is 0 Å². The number of hydrogen-bond acceptors (Lipinski definition) is 3. The van der Waals surface area contributed by atoms with Crippen LogP contribution in [0.4, 0.5) is 17.1 Å². The van der Waals surface area contributed by atoms with Crippen LogP contribution in [0.1, 0.15) is 28.2 Å². The van der Waals surface area contributed by atoms with Crippen molar-refractivity contribution in [1.29, 1.82) is 0 Å². The SMILES string of the molecule is C1=CC2c3cc(-c4cc(-c5ccc(-c6ccccc6)cc5)nc(-c5ccccc5)n4)ccc3C3(c4cc5ccccc5cc4N(c4ccccc4)c4cc5ccccc5cc43)C2C=C1. The van der Waals surface area contributed by atoms with Gasteiger partial charge in [-0.1, -0.05) is 188 Å². The van der Waals surface area contributed by atoms with Crippen LogP contribution in [-0.4, -0.2) is 9.97 Å². The zero-order valence-corrected chi connectivity index (χ0v) is 35.0. The van der Waals surface area contributed by atoms with Gasteiger partial charge in [0.05, 0.1) is 28.2 Å². The summed E-state index contributed by atoms with van der Waals surface area (Å²) in [6.07, 6.45) is 9.43. The zero-order valence-electron chi connectivity index (χ0n) is 35.0. The summed E-state index contributed by atoms with van der Waals surface area (Å²) in [6, 6.07) is 77.4. The molecule has 1 aliphatic heterocycles. The molecule has 0 radical (unpaired) electrons. The van der Waals surface area contributed by atoms with Gasteiger partial charge in [-0.05, 0) is 103 Å². The van der Waals surface area contributed by atoms with Crippen LogP contribution in [0.2, 0.25) is 0 Å². The second kappa shape index (κ2) is 14.5. The normalized spacial score (nSPS) is 16.4. The van der Waals surface area contributed by atoms with Gasteiger partial charge in [0.25, 0.3) is 0 Å². The van der Waals surface area contributed by atoms with Gasteiger partial charge in [-0.25, -0.2) is 9.97 Å². The quantitative estimate of drug-likeness (QED) is 0.173. The summed E-state index contributed by atoms with van der Waals surface area (Å²) in [5.74, 6) is 0.984. The highest BCUT2D eigenvalue weighted by Crippen LogP contribution is 2.66. The second-order valence-corrected chi connectivity index (χ2v) is 17.3. The van der Waals surface area contributed by atoms with E-state index in [0.717, 1.165) is 33.8 Å². The zero-order chi connectivity index (χ0) is 42.2. The Labute approximate surface area is 373 Å². The number of nitrogens with zero attached hydrogens (tertiary/aromatic N) is 3. The maximum absolute atomic E-state index is 5.33. The number of para-hydroxylation sites is 1. The standard InChI is InChI=1S/C61H41N3/c1-4-16-40(17-5-1)41-28-30-42(31-29-41)56-39-57(63-60(62-56)43-18-6-2-7-19-43)48-32-33-53-51(34-48)50-26-14-15-27-52(50)61(53)54-35-44-20-10-12-22-46(44)37-58(54)64(49-24-8-3-9-25-49)59-38-47-23-13-11-21-45(47)36-55(59)61/h1-39,50,52H. The third kappa shape index (κ3) is 5.60. The van der Waals surface area contributed by atoms with Crippen LogP contribution in [0.25, 0.3) is 66.6 Å². The van der Waals surface area contributed by atoms with Crippen molar-refractivity contribution in [1.82, 2.24) is 9.97 Å². The van der Waals surface area contributed by atoms with Crippen molar-refractivity contribution in [3.05, 3.63) is 259 Å². The molecule has 1 spiro atoms. The molecule has 10 aromatic rings. The molecule has 300 valence electrons. The lowest BCUT2D eigenvalue weighted by Gasteiger charge is -2.48. The highest BCUT2D eigenvalue weighted by Gasteiger charge is 2.57. The Morgan fingerprint density at radius 2 is 0.859 bits per heavy atom. The predicted octanol–water partition coefficient (Wildman–Crippen LogP) is 15.4. The summed E-state index contributed by atoms with van der Waals surface area (Å²) in [7, 11) is 0. The van der Waals surface area contributed by atoms with Crippen LogP contribution >= 0.6 is 0 Å². The Morgan fingerprint density at radius 3 is 1.48 bits per heavy atom. The van der Waals surface area contributed by atoms with E-state index in [1.54, 1.807) is 0 Å². The van der Waals surface area contributed by atoms with Gasteiger partial charge >= 0.3 is 0 Å². The van der Waals surface area contributed by atoms with Crippen LogP contribution in [0.15, 0.2) is 237 Å². The van der Waals surface area contributed by atoms with Crippen molar-refractivity contribution >= 4 is 38.6 Å². The molecule has 2 heterocycles. The minimum absolute atomic E-state index is 0.129. The Bertz CT molecular complexity index is 3410. The van der Waals surface area contributed by atoms with Crippen LogP contribution in [-0.2, 0) is 5.41 Å². The van der Waals surface area contributed by atoms with Crippen molar-refractivity contribution in [3.8, 4) is 45.0 Å². The molecule has 64 heavy (non-hydrogen) atoms. The molecular formula is C61H41N3. The van der Waals surface area contributed by atoms with Crippen LogP contribution in [0.5, 0.6) is 0 Å². The third-order valence-electron chi connectivity index (χ3n) is 13.9. The molecular weight excluding hydrogens is 775 g/mol. The average Bonchev–Trinajstić information content (AvgIpc) is 3.66. The van der Waals surface area contributed by atoms with Crippen molar-refractivity contribution in [2.75, 3.05) is 4.90 Å². The number of anilines is 3. The van der Waals surface area contributed by atoms with Gasteiger partial charge < -0.3 is 4.90 Å². The highest BCUT2D eigenvalue weighted by molar-refractivity contribution is 6.00. The van der Waals surface area contributed by atoms with Crippen LogP contribution in [0, 0.1) is 5.92 Å². The first-order valence-corrected chi connectivity index (χ1v) is 22.2. The smallest absolute Gasteiger partial charge is 0.160 e. The number of allylic oxidation sites excluding steroid dienone is 4. The van der Waals surface area contributed by atoms with Gasteiger partial charge in [0, 0.05) is 34.2 Å². The summed E-state index contributed by atoms with van der Waals surface area (Å²) in [5.41, 5.74) is 15.7. The fourth-order valence-electron chi connectivity index (χ4n) is 11.0. The fraction of sp³-hybridized carbons (Fsp3) is 0.0492. The molecule has 9 aromatic carbocycles. The molecule has 0 amide bonds. The second-order valence-electron chi connectivity index (χ2n) is 17.3. The molecule has 3 heteroatoms. The number of fused-ring (bicyclic) bond motifs is 11. The minimum atomic E-state index is -0.490. The predicted molar refractivity (Wildman–Crippen MR) is 264 cm³/mol. The molecule has 13 rings (SSSR count). The molecule has 0 fully saturated rings. The van der Waals surface area contributed by atoms with E-state index in [0.29, 0.717) is 5.82 Å². The fourth-order valence-corrected chi connectivity index (χ4v) is 11.0. The molecule has 3 aliphatic rings. The summed E-state index contributed by atoms with van der Waals surface area (Å²) in [5, 5.41) is 4.95. The van der Waals surface area contributed by atoms with E-state index in [9.17, 15) is 0 Å². The summed E-state index contributed by atoms with van der Waals surface area (Å²) in [4.78, 5) is 13.0. The van der Waals surface area contributed by atoms with Crippen LogP contribution in [0.3, 0.4) is 0 Å². The molecule has 0 bridgehead atoms. The van der Waals surface area contributed by atoms with E-state index in [2.05, 4.69) is 235 Å². The van der Waals surface area contributed by atoms with Gasteiger partial charge in [0.1, 0.15) is 0 Å². The Kier molecular flexibility index (Phi) is 8.26. The molecule has 2 atom stereocenters. The molecule has 2 aliphatic carbocycles. The minimum Gasteiger partial charge on any atom is -0.310 e. The molecule has 0 saturated heterocycles. The first kappa shape index (κ1) is 36.5. The molecule has 1 aromatic heterocycles. The maximum atomic E-state index is 5.33. The maximum Gasteiger partial charge on any atom is 0.160 e. The van der Waals surface area contributed by atoms with E-state index >= 15 is 0 Å². The van der Waals surface area contributed by atoms with Crippen molar-refractivity contribution in [2.24, 2.45) is 5.92 Å². The lowest BCUT2D eigenvalue weighted by molar-refractivity contribution is 0.455. The Morgan fingerprint density at radius 1 is 0.375 bits per heavy atom. The number of benzene rings is 9. The summed E-state index contributed by atoms with van der Waals surface area (Å²) >= 11 is 0. The lowest BCUT2D eigenvalue weighted by Crippen LogP contribution is -2.40. The summed E-state index contributed by atoms with van der Waals surface area (Å²) < 4.78 is 0. The van der Waals surface area contributed by atoms with E-state index in [-0.39, 0.29) is 11.8 Å². The van der Waals surface area contributed by atoms with E-state index < -0.39 is 5.41 Å². The van der Waals surface area contributed by atoms with Crippen molar-refractivity contribution in [2.45, 2.75) is 11.3 Å². The molecule has 0 N–H and O–H groups in total. The van der Waals surface area contributed by atoms with Gasteiger partial charge in [0.15, 0.2) is 5.82 Å². The third-order valence-corrected chi connectivity index (χ3v) is 13.9. The number of hydrogen-bond donors (Lipinski definition) is 0. The van der Waals surface area contributed by atoms with Gasteiger partial charge in [-0.2, -0.15) is 0 Å².